The lowest BCUT2D eigenvalue weighted by Gasteiger charge is -2.15. The lowest BCUT2D eigenvalue weighted by molar-refractivity contribution is -0.143. The van der Waals surface area contributed by atoms with E-state index in [4.69, 9.17) is 4.74 Å². The van der Waals surface area contributed by atoms with Crippen molar-refractivity contribution in [1.82, 2.24) is 25.0 Å². The molecule has 4 rings (SSSR count). The number of aryl methyl sites for hydroxylation is 1. The first-order chi connectivity index (χ1) is 16.2. The van der Waals surface area contributed by atoms with Crippen molar-refractivity contribution < 1.29 is 17.9 Å². The smallest absolute Gasteiger partial charge is 0.440 e. The lowest BCUT2D eigenvalue weighted by atomic mass is 10.1. The molecule has 2 aromatic heterocycles. The maximum Gasteiger partial charge on any atom is 0.440 e. The van der Waals surface area contributed by atoms with E-state index in [9.17, 15) is 22.8 Å². The summed E-state index contributed by atoms with van der Waals surface area (Å²) in [7, 11) is 0. The van der Waals surface area contributed by atoms with E-state index in [0.29, 0.717) is 17.0 Å². The number of aromatic amines is 1. The normalized spacial score (nSPS) is 11.3. The van der Waals surface area contributed by atoms with Gasteiger partial charge in [0.2, 0.25) is 11.6 Å². The second-order valence-electron chi connectivity index (χ2n) is 7.28. The number of H-pyrrole nitrogens is 1. The predicted molar refractivity (Wildman–Crippen MR) is 116 cm³/mol. The zero-order valence-corrected chi connectivity index (χ0v) is 17.6. The van der Waals surface area contributed by atoms with Gasteiger partial charge in [-0.25, -0.2) is 5.10 Å². The van der Waals surface area contributed by atoms with Crippen molar-refractivity contribution in [2.75, 3.05) is 5.32 Å². The molecular weight excluding hydrogens is 453 g/mol. The molecule has 0 fully saturated rings. The van der Waals surface area contributed by atoms with Crippen LogP contribution in [0.25, 0.3) is 0 Å². The van der Waals surface area contributed by atoms with Crippen LogP contribution in [0.5, 0.6) is 11.5 Å². The molecule has 0 amide bonds. The van der Waals surface area contributed by atoms with Gasteiger partial charge in [-0.2, -0.15) is 18.3 Å². The van der Waals surface area contributed by atoms with Crippen molar-refractivity contribution >= 4 is 11.6 Å². The van der Waals surface area contributed by atoms with E-state index in [-0.39, 0.29) is 18.2 Å². The number of alkyl halides is 3. The molecule has 0 saturated heterocycles. The van der Waals surface area contributed by atoms with E-state index < -0.39 is 23.0 Å². The van der Waals surface area contributed by atoms with E-state index in [1.165, 1.54) is 12.3 Å². The Balaban J connectivity index is 1.62. The molecule has 0 saturated carbocycles. The Morgan fingerprint density at radius 2 is 1.71 bits per heavy atom. The van der Waals surface area contributed by atoms with Gasteiger partial charge in [0.05, 0.1) is 12.7 Å². The third-order valence-corrected chi connectivity index (χ3v) is 4.66. The second kappa shape index (κ2) is 9.17. The molecule has 0 unspecified atom stereocenters. The Bertz CT molecular complexity index is 1410. The number of benzene rings is 2. The molecule has 0 radical (unpaired) electrons. The summed E-state index contributed by atoms with van der Waals surface area (Å²) in [6.45, 7) is 1.73. The summed E-state index contributed by atoms with van der Waals surface area (Å²) in [5.74, 6) is 0.449. The number of anilines is 2. The van der Waals surface area contributed by atoms with Gasteiger partial charge in [-0.3, -0.25) is 14.2 Å². The summed E-state index contributed by atoms with van der Waals surface area (Å²) in [6, 6.07) is 14.5. The third kappa shape index (κ3) is 5.28. The highest BCUT2D eigenvalue weighted by molar-refractivity contribution is 5.55. The molecule has 0 aliphatic heterocycles. The zero-order valence-electron chi connectivity index (χ0n) is 17.6. The van der Waals surface area contributed by atoms with Crippen molar-refractivity contribution in [2.24, 2.45) is 0 Å². The van der Waals surface area contributed by atoms with Crippen molar-refractivity contribution in [3.05, 3.63) is 98.3 Å². The van der Waals surface area contributed by atoms with Crippen LogP contribution in [-0.4, -0.2) is 25.0 Å². The highest BCUT2D eigenvalue weighted by Crippen LogP contribution is 2.26. The standard InChI is InChI=1S/C22H17F3N6O3/c1-13-2-4-14(5-3-13)12-31-20(33)19(22(23,24)25)29-30-21(31)27-15-6-8-16(9-7-15)34-17-10-18(32)28-26-11-17/h2-11H,12H2,1H3,(H,27,30)(H,28,32). The highest BCUT2D eigenvalue weighted by Gasteiger charge is 2.38. The molecule has 0 atom stereocenters. The minimum Gasteiger partial charge on any atom is -0.455 e. The van der Waals surface area contributed by atoms with Gasteiger partial charge >= 0.3 is 6.18 Å². The van der Waals surface area contributed by atoms with E-state index in [1.807, 2.05) is 6.92 Å². The van der Waals surface area contributed by atoms with Crippen molar-refractivity contribution in [2.45, 2.75) is 19.6 Å². The number of hydrogen-bond donors (Lipinski definition) is 2. The molecule has 12 heteroatoms. The first kappa shape index (κ1) is 22.7. The monoisotopic (exact) mass is 470 g/mol. The fraction of sp³-hybridized carbons (Fsp3) is 0.136. The number of nitrogens with zero attached hydrogens (tertiary/aromatic N) is 4. The summed E-state index contributed by atoms with van der Waals surface area (Å²) in [5.41, 5.74) is -1.33. The summed E-state index contributed by atoms with van der Waals surface area (Å²) >= 11 is 0. The van der Waals surface area contributed by atoms with E-state index >= 15 is 0 Å². The number of rotatable bonds is 6. The summed E-state index contributed by atoms with van der Waals surface area (Å²) in [5, 5.41) is 15.4. The summed E-state index contributed by atoms with van der Waals surface area (Å²) < 4.78 is 46.2. The van der Waals surface area contributed by atoms with Crippen LogP contribution in [0.1, 0.15) is 16.8 Å². The van der Waals surface area contributed by atoms with Gasteiger partial charge in [-0.15, -0.1) is 10.2 Å². The molecule has 4 aromatic rings. The van der Waals surface area contributed by atoms with Crippen molar-refractivity contribution in [3.63, 3.8) is 0 Å². The van der Waals surface area contributed by atoms with Gasteiger partial charge in [0.1, 0.15) is 5.75 Å². The Morgan fingerprint density at radius 3 is 2.35 bits per heavy atom. The molecule has 9 nitrogen and oxygen atoms in total. The Kier molecular flexibility index (Phi) is 6.13. The minimum atomic E-state index is -4.94. The van der Waals surface area contributed by atoms with Crippen LogP contribution >= 0.6 is 0 Å². The molecule has 0 aliphatic rings. The van der Waals surface area contributed by atoms with Crippen LogP contribution in [0.4, 0.5) is 24.8 Å². The quantitative estimate of drug-likeness (QED) is 0.442. The number of aromatic nitrogens is 5. The molecule has 0 aliphatic carbocycles. The van der Waals surface area contributed by atoms with Crippen molar-refractivity contribution in [1.29, 1.82) is 0 Å². The van der Waals surface area contributed by atoms with Crippen LogP contribution in [0.3, 0.4) is 0 Å². The van der Waals surface area contributed by atoms with Gasteiger partial charge in [0, 0.05) is 11.8 Å². The molecule has 174 valence electrons. The molecule has 0 spiro atoms. The van der Waals surface area contributed by atoms with Crippen LogP contribution in [0.15, 0.2) is 70.4 Å². The summed E-state index contributed by atoms with van der Waals surface area (Å²) in [6.07, 6.45) is -3.61. The first-order valence-electron chi connectivity index (χ1n) is 9.89. The average molecular weight is 470 g/mol. The van der Waals surface area contributed by atoms with E-state index in [2.05, 4.69) is 25.7 Å². The minimum absolute atomic E-state index is 0.142. The molecule has 0 bridgehead atoms. The second-order valence-corrected chi connectivity index (χ2v) is 7.28. The zero-order chi connectivity index (χ0) is 24.3. The van der Waals surface area contributed by atoms with E-state index in [1.54, 1.807) is 48.5 Å². The van der Waals surface area contributed by atoms with Crippen LogP contribution in [0, 0.1) is 6.92 Å². The highest BCUT2D eigenvalue weighted by atomic mass is 19.4. The van der Waals surface area contributed by atoms with Crippen LogP contribution in [-0.2, 0) is 12.7 Å². The number of halogens is 3. The fourth-order valence-electron chi connectivity index (χ4n) is 3.00. The first-order valence-corrected chi connectivity index (χ1v) is 9.89. The Morgan fingerprint density at radius 1 is 1.00 bits per heavy atom. The van der Waals surface area contributed by atoms with Gasteiger partial charge in [-0.05, 0) is 36.8 Å². The largest absolute Gasteiger partial charge is 0.455 e. The lowest BCUT2D eigenvalue weighted by Crippen LogP contribution is -2.33. The van der Waals surface area contributed by atoms with Gasteiger partial charge in [0.15, 0.2) is 5.75 Å². The Hall–Kier alpha value is -4.48. The molecule has 34 heavy (non-hydrogen) atoms. The molecule has 2 heterocycles. The average Bonchev–Trinajstić information content (AvgIpc) is 2.78. The SMILES string of the molecule is Cc1ccc(Cn2c(Nc3ccc(Oc4cn[nH]c(=O)c4)cc3)nnc(C(F)(F)F)c2=O)cc1. The number of hydrogen-bond acceptors (Lipinski definition) is 7. The molecule has 2 aromatic carbocycles. The Labute approximate surface area is 189 Å². The molecule has 2 N–H and O–H groups in total. The molecular formula is C22H17F3N6O3. The van der Waals surface area contributed by atoms with Gasteiger partial charge in [-0.1, -0.05) is 29.8 Å². The van der Waals surface area contributed by atoms with Crippen LogP contribution in [0.2, 0.25) is 0 Å². The van der Waals surface area contributed by atoms with Crippen molar-refractivity contribution in [3.8, 4) is 11.5 Å². The maximum absolute atomic E-state index is 13.3. The van der Waals surface area contributed by atoms with Gasteiger partial charge in [0.25, 0.3) is 11.1 Å². The van der Waals surface area contributed by atoms with Gasteiger partial charge < -0.3 is 10.1 Å². The fourth-order valence-corrected chi connectivity index (χ4v) is 3.00. The summed E-state index contributed by atoms with van der Waals surface area (Å²) in [4.78, 5) is 23.9. The van der Waals surface area contributed by atoms with E-state index in [0.717, 1.165) is 10.1 Å². The number of ether oxygens (including phenoxy) is 1. The maximum atomic E-state index is 13.3. The van der Waals surface area contributed by atoms with Crippen LogP contribution < -0.4 is 21.2 Å². The topological polar surface area (TPSA) is 115 Å². The third-order valence-electron chi connectivity index (χ3n) is 4.66. The number of nitrogens with one attached hydrogen (secondary N) is 2. The predicted octanol–water partition coefficient (Wildman–Crippen LogP) is 3.63.